The van der Waals surface area contributed by atoms with Crippen LogP contribution in [0.15, 0.2) is 18.2 Å². The van der Waals surface area contributed by atoms with Crippen molar-refractivity contribution in [2.24, 2.45) is 5.92 Å². The molecule has 1 aromatic rings. The van der Waals surface area contributed by atoms with E-state index < -0.39 is 6.09 Å². The summed E-state index contributed by atoms with van der Waals surface area (Å²) in [5.41, 5.74) is 0.503. The van der Waals surface area contributed by atoms with Crippen LogP contribution in [0.1, 0.15) is 10.4 Å². The third kappa shape index (κ3) is 2.86. The third-order valence-corrected chi connectivity index (χ3v) is 4.16. The van der Waals surface area contributed by atoms with Gasteiger partial charge in [0, 0.05) is 31.1 Å². The lowest BCUT2D eigenvalue weighted by Gasteiger charge is -2.40. The highest BCUT2D eigenvalue weighted by Gasteiger charge is 2.38. The van der Waals surface area contributed by atoms with Gasteiger partial charge in [0.25, 0.3) is 11.8 Å². The van der Waals surface area contributed by atoms with Gasteiger partial charge in [0.15, 0.2) is 18.1 Å². The van der Waals surface area contributed by atoms with E-state index in [0.717, 1.165) is 4.90 Å². The van der Waals surface area contributed by atoms with E-state index in [1.165, 1.54) is 14.2 Å². The van der Waals surface area contributed by atoms with E-state index in [1.807, 2.05) is 0 Å². The van der Waals surface area contributed by atoms with Crippen molar-refractivity contribution >= 4 is 17.9 Å². The molecule has 8 nitrogen and oxygen atoms in total. The molecule has 0 aromatic heterocycles. The molecular weight excluding hydrogens is 316 g/mol. The molecule has 2 saturated heterocycles. The summed E-state index contributed by atoms with van der Waals surface area (Å²) in [6.45, 7) is 1.07. The molecule has 2 fully saturated rings. The van der Waals surface area contributed by atoms with Crippen LogP contribution in [0.5, 0.6) is 11.5 Å². The van der Waals surface area contributed by atoms with Gasteiger partial charge in [-0.3, -0.25) is 9.59 Å². The Labute approximate surface area is 138 Å². The maximum atomic E-state index is 12.5. The molecule has 2 heterocycles. The molecule has 0 aliphatic carbocycles. The zero-order valence-corrected chi connectivity index (χ0v) is 13.5. The summed E-state index contributed by atoms with van der Waals surface area (Å²) in [7, 11) is 3.04. The number of benzene rings is 1. The summed E-state index contributed by atoms with van der Waals surface area (Å²) >= 11 is 0. The fourth-order valence-corrected chi connectivity index (χ4v) is 2.82. The van der Waals surface area contributed by atoms with Gasteiger partial charge in [-0.15, -0.1) is 0 Å². The van der Waals surface area contributed by atoms with Crippen LogP contribution in [-0.2, 0) is 9.53 Å². The Morgan fingerprint density at radius 2 is 1.92 bits per heavy atom. The van der Waals surface area contributed by atoms with Gasteiger partial charge in [-0.1, -0.05) is 0 Å². The van der Waals surface area contributed by atoms with E-state index in [0.29, 0.717) is 30.2 Å². The highest BCUT2D eigenvalue weighted by molar-refractivity contribution is 5.98. The molecule has 24 heavy (non-hydrogen) atoms. The zero-order valence-electron chi connectivity index (χ0n) is 13.5. The van der Waals surface area contributed by atoms with E-state index in [9.17, 15) is 14.4 Å². The van der Waals surface area contributed by atoms with E-state index in [-0.39, 0.29) is 30.9 Å². The van der Waals surface area contributed by atoms with E-state index in [4.69, 9.17) is 9.47 Å². The first-order valence-electron chi connectivity index (χ1n) is 7.52. The average molecular weight is 334 g/mol. The number of ether oxygens (including phenoxy) is 3. The van der Waals surface area contributed by atoms with Crippen molar-refractivity contribution in [1.29, 1.82) is 0 Å². The molecule has 128 valence electrons. The van der Waals surface area contributed by atoms with Crippen molar-refractivity contribution in [3.63, 3.8) is 0 Å². The Kier molecular flexibility index (Phi) is 4.28. The molecule has 1 aromatic carbocycles. The van der Waals surface area contributed by atoms with Crippen molar-refractivity contribution in [1.82, 2.24) is 9.80 Å². The van der Waals surface area contributed by atoms with Crippen LogP contribution in [0.2, 0.25) is 0 Å². The normalized spacial score (nSPS) is 17.6. The molecule has 0 radical (unpaired) electrons. The van der Waals surface area contributed by atoms with Gasteiger partial charge in [-0.05, 0) is 18.2 Å². The van der Waals surface area contributed by atoms with E-state index >= 15 is 0 Å². The minimum Gasteiger partial charge on any atom is -0.493 e. The number of carbonyl (C=O) groups is 3. The summed E-state index contributed by atoms with van der Waals surface area (Å²) < 4.78 is 15.0. The monoisotopic (exact) mass is 334 g/mol. The van der Waals surface area contributed by atoms with Crippen LogP contribution < -0.4 is 9.47 Å². The van der Waals surface area contributed by atoms with Crippen molar-refractivity contribution in [2.75, 3.05) is 40.5 Å². The standard InChI is InChI=1S/C16H18N2O6/c1-22-12-4-3-11(5-13(12)23-2)15(20)17-6-10(7-17)8-18-14(19)9-24-16(18)21/h3-5,10H,6-9H2,1-2H3. The second kappa shape index (κ2) is 6.38. The van der Waals surface area contributed by atoms with Crippen LogP contribution >= 0.6 is 0 Å². The Morgan fingerprint density at radius 1 is 1.21 bits per heavy atom. The molecular formula is C16H18N2O6. The highest BCUT2D eigenvalue weighted by Crippen LogP contribution is 2.29. The lowest BCUT2D eigenvalue weighted by Crippen LogP contribution is -2.54. The van der Waals surface area contributed by atoms with Crippen molar-refractivity contribution < 1.29 is 28.6 Å². The number of methoxy groups -OCH3 is 2. The van der Waals surface area contributed by atoms with Gasteiger partial charge >= 0.3 is 6.09 Å². The number of amides is 3. The molecule has 0 N–H and O–H groups in total. The molecule has 0 unspecified atom stereocenters. The lowest BCUT2D eigenvalue weighted by molar-refractivity contribution is -0.126. The van der Waals surface area contributed by atoms with E-state index in [1.54, 1.807) is 23.1 Å². The number of carbonyl (C=O) groups excluding carboxylic acids is 3. The van der Waals surface area contributed by atoms with Crippen LogP contribution in [0.3, 0.4) is 0 Å². The number of hydrogen-bond donors (Lipinski definition) is 0. The molecule has 0 atom stereocenters. The minimum atomic E-state index is -0.607. The van der Waals surface area contributed by atoms with Crippen LogP contribution in [0.25, 0.3) is 0 Å². The number of hydrogen-bond acceptors (Lipinski definition) is 6. The Bertz CT molecular complexity index is 667. The van der Waals surface area contributed by atoms with Gasteiger partial charge in [-0.2, -0.15) is 0 Å². The molecule has 0 spiro atoms. The predicted molar refractivity (Wildman–Crippen MR) is 82.0 cm³/mol. The van der Waals surface area contributed by atoms with Gasteiger partial charge in [0.1, 0.15) is 0 Å². The fraction of sp³-hybridized carbons (Fsp3) is 0.438. The highest BCUT2D eigenvalue weighted by atomic mass is 16.6. The quantitative estimate of drug-likeness (QED) is 0.790. The number of likely N-dealkylation sites (tertiary alicyclic amines) is 1. The van der Waals surface area contributed by atoms with Gasteiger partial charge in [-0.25, -0.2) is 9.69 Å². The summed E-state index contributed by atoms with van der Waals surface area (Å²) in [4.78, 5) is 38.1. The second-order valence-electron chi connectivity index (χ2n) is 5.70. The topological polar surface area (TPSA) is 85.4 Å². The SMILES string of the molecule is COc1ccc(C(=O)N2CC(CN3C(=O)COC3=O)C2)cc1OC. The molecule has 3 rings (SSSR count). The summed E-state index contributed by atoms with van der Waals surface area (Å²) in [6.07, 6.45) is -0.607. The number of imide groups is 1. The van der Waals surface area contributed by atoms with E-state index in [2.05, 4.69) is 4.74 Å². The minimum absolute atomic E-state index is 0.0729. The Morgan fingerprint density at radius 3 is 2.50 bits per heavy atom. The second-order valence-corrected chi connectivity index (χ2v) is 5.70. The number of cyclic esters (lactones) is 1. The molecule has 2 aliphatic heterocycles. The van der Waals surface area contributed by atoms with Crippen molar-refractivity contribution in [3.8, 4) is 11.5 Å². The van der Waals surface area contributed by atoms with Crippen molar-refractivity contribution in [2.45, 2.75) is 0 Å². The maximum absolute atomic E-state index is 12.5. The van der Waals surface area contributed by atoms with Crippen LogP contribution in [-0.4, -0.2) is 68.2 Å². The third-order valence-electron chi connectivity index (χ3n) is 4.16. The summed E-state index contributed by atoms with van der Waals surface area (Å²) in [5, 5.41) is 0. The first kappa shape index (κ1) is 16.1. The zero-order chi connectivity index (χ0) is 17.3. The maximum Gasteiger partial charge on any atom is 0.417 e. The van der Waals surface area contributed by atoms with Crippen molar-refractivity contribution in [3.05, 3.63) is 23.8 Å². The lowest BCUT2D eigenvalue weighted by atomic mass is 9.98. The van der Waals surface area contributed by atoms with Gasteiger partial charge in [0.2, 0.25) is 0 Å². The van der Waals surface area contributed by atoms with Gasteiger partial charge in [0.05, 0.1) is 14.2 Å². The summed E-state index contributed by atoms with van der Waals surface area (Å²) in [5.74, 6) is 0.670. The molecule has 0 bridgehead atoms. The molecule has 3 amide bonds. The Hall–Kier alpha value is -2.77. The number of rotatable bonds is 5. The molecule has 8 heteroatoms. The predicted octanol–water partition coefficient (Wildman–Crippen LogP) is 0.755. The molecule has 0 saturated carbocycles. The smallest absolute Gasteiger partial charge is 0.417 e. The Balaban J connectivity index is 1.58. The fourth-order valence-electron chi connectivity index (χ4n) is 2.82. The van der Waals surface area contributed by atoms with Gasteiger partial charge < -0.3 is 19.1 Å². The van der Waals surface area contributed by atoms with Crippen LogP contribution in [0.4, 0.5) is 4.79 Å². The first-order valence-corrected chi connectivity index (χ1v) is 7.52. The van der Waals surface area contributed by atoms with Crippen LogP contribution in [0, 0.1) is 5.92 Å². The molecule has 2 aliphatic rings. The number of nitrogens with zero attached hydrogens (tertiary/aromatic N) is 2. The summed E-state index contributed by atoms with van der Waals surface area (Å²) in [6, 6.07) is 5.00. The average Bonchev–Trinajstić information content (AvgIpc) is 2.87. The largest absolute Gasteiger partial charge is 0.493 e. The first-order chi connectivity index (χ1) is 11.5.